The molecule has 6 nitrogen and oxygen atoms in total. The molecule has 21 heavy (non-hydrogen) atoms. The third-order valence-electron chi connectivity index (χ3n) is 4.07. The first kappa shape index (κ1) is 16.5. The highest BCUT2D eigenvalue weighted by Crippen LogP contribution is 2.24. The van der Waals surface area contributed by atoms with Crippen molar-refractivity contribution >= 4 is 10.0 Å². The average Bonchev–Trinajstić information content (AvgIpc) is 2.91. The third kappa shape index (κ3) is 4.79. The fraction of sp³-hybridized carbons (Fsp3) is 0.786. The highest BCUT2D eigenvalue weighted by Gasteiger charge is 2.24. The Labute approximate surface area is 127 Å². The zero-order valence-corrected chi connectivity index (χ0v) is 13.7. The zero-order chi connectivity index (χ0) is 15.3. The van der Waals surface area contributed by atoms with Crippen molar-refractivity contribution in [1.82, 2.24) is 19.8 Å². The van der Waals surface area contributed by atoms with Gasteiger partial charge >= 0.3 is 0 Å². The third-order valence-corrected chi connectivity index (χ3v) is 5.55. The van der Waals surface area contributed by atoms with E-state index in [1.54, 1.807) is 10.9 Å². The monoisotopic (exact) mass is 314 g/mol. The summed E-state index contributed by atoms with van der Waals surface area (Å²) >= 11 is 0. The Morgan fingerprint density at radius 1 is 1.33 bits per heavy atom. The first-order valence-corrected chi connectivity index (χ1v) is 9.19. The first-order valence-electron chi connectivity index (χ1n) is 7.70. The van der Waals surface area contributed by atoms with Crippen LogP contribution in [0.1, 0.15) is 39.0 Å². The van der Waals surface area contributed by atoms with Gasteiger partial charge in [0, 0.05) is 18.8 Å². The van der Waals surface area contributed by atoms with Crippen LogP contribution in [-0.4, -0.2) is 37.8 Å². The average molecular weight is 314 g/mol. The van der Waals surface area contributed by atoms with Gasteiger partial charge in [0.15, 0.2) is 0 Å². The summed E-state index contributed by atoms with van der Waals surface area (Å²) in [5.41, 5.74) is 0. The second-order valence-corrected chi connectivity index (χ2v) is 7.69. The fourth-order valence-electron chi connectivity index (χ4n) is 2.69. The molecule has 0 bridgehead atoms. The van der Waals surface area contributed by atoms with Gasteiger partial charge in [-0.15, -0.1) is 0 Å². The smallest absolute Gasteiger partial charge is 0.243 e. The summed E-state index contributed by atoms with van der Waals surface area (Å²) in [5, 5.41) is 7.19. The van der Waals surface area contributed by atoms with Gasteiger partial charge in [-0.2, -0.15) is 5.10 Å². The fourth-order valence-corrected chi connectivity index (χ4v) is 3.95. The Bertz CT molecular complexity index is 533. The zero-order valence-electron chi connectivity index (χ0n) is 12.9. The summed E-state index contributed by atoms with van der Waals surface area (Å²) in [4.78, 5) is 0.269. The van der Waals surface area contributed by atoms with E-state index >= 15 is 0 Å². The number of rotatable bonds is 7. The van der Waals surface area contributed by atoms with Crippen LogP contribution in [0.3, 0.4) is 0 Å². The molecule has 0 atom stereocenters. The van der Waals surface area contributed by atoms with Gasteiger partial charge in [0.05, 0.1) is 6.20 Å². The molecule has 0 radical (unpaired) electrons. The Hall–Kier alpha value is -0.920. The van der Waals surface area contributed by atoms with Crippen LogP contribution < -0.4 is 10.0 Å². The summed E-state index contributed by atoms with van der Waals surface area (Å²) in [6.45, 7) is 3.83. The van der Waals surface area contributed by atoms with E-state index in [0.29, 0.717) is 5.92 Å². The van der Waals surface area contributed by atoms with Gasteiger partial charge in [0.1, 0.15) is 4.90 Å². The van der Waals surface area contributed by atoms with Crippen molar-refractivity contribution in [2.75, 3.05) is 13.6 Å². The van der Waals surface area contributed by atoms with Crippen molar-refractivity contribution in [2.45, 2.75) is 56.5 Å². The molecule has 1 aromatic heterocycles. The molecule has 7 heteroatoms. The lowest BCUT2D eigenvalue weighted by molar-refractivity contribution is 0.332. The molecule has 1 aliphatic carbocycles. The summed E-state index contributed by atoms with van der Waals surface area (Å²) in [7, 11) is -1.54. The lowest BCUT2D eigenvalue weighted by Crippen LogP contribution is -2.37. The quantitative estimate of drug-likeness (QED) is 0.745. The van der Waals surface area contributed by atoms with Crippen LogP contribution in [0.5, 0.6) is 0 Å². The second-order valence-electron chi connectivity index (χ2n) is 5.97. The minimum atomic E-state index is -3.44. The molecule has 0 spiro atoms. The van der Waals surface area contributed by atoms with Gasteiger partial charge in [0.2, 0.25) is 10.0 Å². The predicted octanol–water partition coefficient (Wildman–Crippen LogP) is 1.35. The molecule has 0 unspecified atom stereocenters. The molecule has 1 fully saturated rings. The van der Waals surface area contributed by atoms with Crippen LogP contribution in [0.2, 0.25) is 0 Å². The van der Waals surface area contributed by atoms with Crippen molar-refractivity contribution in [2.24, 2.45) is 5.92 Å². The number of nitrogens with one attached hydrogen (secondary N) is 2. The summed E-state index contributed by atoms with van der Waals surface area (Å²) in [6, 6.07) is 0.0684. The Morgan fingerprint density at radius 3 is 2.71 bits per heavy atom. The van der Waals surface area contributed by atoms with Crippen LogP contribution in [0.25, 0.3) is 0 Å². The van der Waals surface area contributed by atoms with Gasteiger partial charge in [-0.05, 0) is 51.6 Å². The van der Waals surface area contributed by atoms with Gasteiger partial charge in [-0.1, -0.05) is 6.92 Å². The number of aryl methyl sites for hydroxylation is 1. The molecule has 1 aliphatic rings. The summed E-state index contributed by atoms with van der Waals surface area (Å²) in [6.07, 6.45) is 8.02. The van der Waals surface area contributed by atoms with E-state index in [0.717, 1.165) is 45.2 Å². The lowest BCUT2D eigenvalue weighted by Gasteiger charge is -2.26. The maximum atomic E-state index is 12.3. The molecule has 0 aromatic carbocycles. The largest absolute Gasteiger partial charge is 0.320 e. The topological polar surface area (TPSA) is 76.0 Å². The molecule has 1 heterocycles. The van der Waals surface area contributed by atoms with Crippen LogP contribution in [0.15, 0.2) is 17.3 Å². The van der Waals surface area contributed by atoms with Crippen LogP contribution in [0.4, 0.5) is 0 Å². The van der Waals surface area contributed by atoms with Gasteiger partial charge < -0.3 is 5.32 Å². The number of hydrogen-bond donors (Lipinski definition) is 2. The normalized spacial score (nSPS) is 23.3. The van der Waals surface area contributed by atoms with E-state index in [1.165, 1.54) is 6.20 Å². The maximum absolute atomic E-state index is 12.3. The van der Waals surface area contributed by atoms with E-state index in [-0.39, 0.29) is 10.9 Å². The molecule has 2 N–H and O–H groups in total. The maximum Gasteiger partial charge on any atom is 0.243 e. The van der Waals surface area contributed by atoms with Crippen molar-refractivity contribution in [3.8, 4) is 0 Å². The number of hydrogen-bond acceptors (Lipinski definition) is 4. The molecular formula is C14H26N4O2S. The number of aromatic nitrogens is 2. The predicted molar refractivity (Wildman–Crippen MR) is 82.5 cm³/mol. The van der Waals surface area contributed by atoms with Crippen molar-refractivity contribution < 1.29 is 8.42 Å². The number of nitrogens with zero attached hydrogens (tertiary/aromatic N) is 2. The number of sulfonamides is 1. The molecule has 0 amide bonds. The van der Waals surface area contributed by atoms with Crippen molar-refractivity contribution in [1.29, 1.82) is 0 Å². The van der Waals surface area contributed by atoms with E-state index in [2.05, 4.69) is 22.1 Å². The van der Waals surface area contributed by atoms with E-state index in [9.17, 15) is 8.42 Å². The Kier molecular flexibility index (Phi) is 5.78. The second kappa shape index (κ2) is 7.38. The Balaban J connectivity index is 1.93. The molecule has 2 rings (SSSR count). The van der Waals surface area contributed by atoms with Crippen LogP contribution in [0, 0.1) is 5.92 Å². The van der Waals surface area contributed by atoms with Crippen LogP contribution >= 0.6 is 0 Å². The highest BCUT2D eigenvalue weighted by molar-refractivity contribution is 7.89. The van der Waals surface area contributed by atoms with E-state index < -0.39 is 10.0 Å². The minimum absolute atomic E-state index is 0.0684. The summed E-state index contributed by atoms with van der Waals surface area (Å²) in [5.74, 6) is 0.709. The molecule has 120 valence electrons. The molecule has 1 aromatic rings. The molecular weight excluding hydrogens is 288 g/mol. The lowest BCUT2D eigenvalue weighted by atomic mass is 9.88. The molecule has 0 saturated heterocycles. The highest BCUT2D eigenvalue weighted by atomic mass is 32.2. The standard InChI is InChI=1S/C14H26N4O2S/c1-12-4-6-13(7-5-12)17-21(19,20)14-10-16-18(11-14)9-3-8-15-2/h10-13,15,17H,3-9H2,1-2H3. The van der Waals surface area contributed by atoms with Gasteiger partial charge in [-0.3, -0.25) is 4.68 Å². The van der Waals surface area contributed by atoms with Crippen molar-refractivity contribution in [3.05, 3.63) is 12.4 Å². The SMILES string of the molecule is CNCCCn1cc(S(=O)(=O)NC2CCC(C)CC2)cn1. The van der Waals surface area contributed by atoms with E-state index in [1.807, 2.05) is 7.05 Å². The van der Waals surface area contributed by atoms with Gasteiger partial charge in [-0.25, -0.2) is 13.1 Å². The van der Waals surface area contributed by atoms with E-state index in [4.69, 9.17) is 0 Å². The van der Waals surface area contributed by atoms with Crippen molar-refractivity contribution in [3.63, 3.8) is 0 Å². The molecule has 1 saturated carbocycles. The van der Waals surface area contributed by atoms with Crippen LogP contribution in [-0.2, 0) is 16.6 Å². The Morgan fingerprint density at radius 2 is 2.05 bits per heavy atom. The first-order chi connectivity index (χ1) is 10.0. The minimum Gasteiger partial charge on any atom is -0.320 e. The molecule has 0 aliphatic heterocycles. The summed E-state index contributed by atoms with van der Waals surface area (Å²) < 4.78 is 29.2. The van der Waals surface area contributed by atoms with Gasteiger partial charge in [0.25, 0.3) is 0 Å².